The third-order valence-electron chi connectivity index (χ3n) is 5.00. The number of carbonyl (C=O) groups is 1. The van der Waals surface area contributed by atoms with Crippen LogP contribution in [0.1, 0.15) is 34.1 Å². The van der Waals surface area contributed by atoms with Crippen LogP contribution in [0.5, 0.6) is 11.5 Å². The standard InChI is InChI=1S/C21H22N2O3S/c1-25-17-10-9-14(12-18(17)26-2)21(24)23-11-5-6-15(13-23)20-22-16-7-3-4-8-19(16)27-20/h3-4,7-10,12,15H,5-6,11,13H2,1-2H3. The van der Waals surface area contributed by atoms with Crippen molar-refractivity contribution >= 4 is 27.5 Å². The minimum Gasteiger partial charge on any atom is -0.493 e. The number of thiazole rings is 1. The van der Waals surface area contributed by atoms with Crippen molar-refractivity contribution in [3.05, 3.63) is 53.0 Å². The Hall–Kier alpha value is -2.60. The van der Waals surface area contributed by atoms with Crippen molar-refractivity contribution in [3.8, 4) is 11.5 Å². The molecule has 2 heterocycles. The zero-order chi connectivity index (χ0) is 18.8. The number of hydrogen-bond acceptors (Lipinski definition) is 5. The van der Waals surface area contributed by atoms with Crippen molar-refractivity contribution in [2.24, 2.45) is 0 Å². The molecule has 6 heteroatoms. The summed E-state index contributed by atoms with van der Waals surface area (Å²) in [6.07, 6.45) is 2.05. The maximum absolute atomic E-state index is 13.0. The zero-order valence-electron chi connectivity index (χ0n) is 15.5. The van der Waals surface area contributed by atoms with Gasteiger partial charge in [0.25, 0.3) is 5.91 Å². The van der Waals surface area contributed by atoms with Crippen LogP contribution in [0.25, 0.3) is 10.2 Å². The number of amides is 1. The predicted molar refractivity (Wildman–Crippen MR) is 107 cm³/mol. The second-order valence-electron chi connectivity index (χ2n) is 6.68. The number of carbonyl (C=O) groups excluding carboxylic acids is 1. The molecular formula is C21H22N2O3S. The number of benzene rings is 2. The highest BCUT2D eigenvalue weighted by Crippen LogP contribution is 2.34. The number of likely N-dealkylation sites (tertiary alicyclic amines) is 1. The monoisotopic (exact) mass is 382 g/mol. The molecule has 3 aromatic rings. The van der Waals surface area contributed by atoms with Crippen LogP contribution in [0.3, 0.4) is 0 Å². The topological polar surface area (TPSA) is 51.7 Å². The lowest BCUT2D eigenvalue weighted by Gasteiger charge is -2.32. The van der Waals surface area contributed by atoms with Gasteiger partial charge in [-0.15, -0.1) is 11.3 Å². The summed E-state index contributed by atoms with van der Waals surface area (Å²) in [6, 6.07) is 13.5. The number of rotatable bonds is 4. The first-order valence-corrected chi connectivity index (χ1v) is 9.88. The first-order valence-electron chi connectivity index (χ1n) is 9.06. The summed E-state index contributed by atoms with van der Waals surface area (Å²) in [7, 11) is 3.17. The molecule has 140 valence electrons. The quantitative estimate of drug-likeness (QED) is 0.674. The SMILES string of the molecule is COc1ccc(C(=O)N2CCCC(c3nc4ccccc4s3)C2)cc1OC. The lowest BCUT2D eigenvalue weighted by molar-refractivity contribution is 0.0706. The molecule has 1 saturated heterocycles. The van der Waals surface area contributed by atoms with Crippen LogP contribution in [0, 0.1) is 0 Å². The van der Waals surface area contributed by atoms with E-state index in [2.05, 4.69) is 6.07 Å². The van der Waals surface area contributed by atoms with Crippen molar-refractivity contribution < 1.29 is 14.3 Å². The van der Waals surface area contributed by atoms with Gasteiger partial charge in [0.2, 0.25) is 0 Å². The molecule has 4 rings (SSSR count). The highest BCUT2D eigenvalue weighted by atomic mass is 32.1. The molecule has 0 N–H and O–H groups in total. The number of ether oxygens (including phenoxy) is 2. The Morgan fingerprint density at radius 2 is 1.96 bits per heavy atom. The van der Waals surface area contributed by atoms with E-state index >= 15 is 0 Å². The molecular weight excluding hydrogens is 360 g/mol. The second-order valence-corrected chi connectivity index (χ2v) is 7.74. The molecule has 5 nitrogen and oxygen atoms in total. The Labute approximate surface area is 162 Å². The van der Waals surface area contributed by atoms with Gasteiger partial charge in [0.15, 0.2) is 11.5 Å². The summed E-state index contributed by atoms with van der Waals surface area (Å²) in [5.41, 5.74) is 1.67. The van der Waals surface area contributed by atoms with E-state index < -0.39 is 0 Å². The largest absolute Gasteiger partial charge is 0.493 e. The maximum atomic E-state index is 13.0. The van der Waals surface area contributed by atoms with E-state index in [1.165, 1.54) is 4.70 Å². The van der Waals surface area contributed by atoms with Crippen LogP contribution < -0.4 is 9.47 Å². The van der Waals surface area contributed by atoms with Gasteiger partial charge in [0.1, 0.15) is 0 Å². The Bertz CT molecular complexity index is 936. The van der Waals surface area contributed by atoms with E-state index in [0.717, 1.165) is 29.9 Å². The Morgan fingerprint density at radius 3 is 2.74 bits per heavy atom. The van der Waals surface area contributed by atoms with Crippen LogP contribution in [-0.4, -0.2) is 43.1 Å². The number of methoxy groups -OCH3 is 2. The summed E-state index contributed by atoms with van der Waals surface area (Å²) >= 11 is 1.74. The molecule has 1 fully saturated rings. The number of nitrogens with zero attached hydrogens (tertiary/aromatic N) is 2. The van der Waals surface area contributed by atoms with Gasteiger partial charge in [0, 0.05) is 24.6 Å². The van der Waals surface area contributed by atoms with E-state index in [1.807, 2.05) is 23.1 Å². The van der Waals surface area contributed by atoms with E-state index in [0.29, 0.717) is 29.5 Å². The van der Waals surface area contributed by atoms with Gasteiger partial charge in [-0.1, -0.05) is 12.1 Å². The van der Waals surface area contributed by atoms with Crippen molar-refractivity contribution in [3.63, 3.8) is 0 Å². The van der Waals surface area contributed by atoms with Gasteiger partial charge >= 0.3 is 0 Å². The van der Waals surface area contributed by atoms with Crippen molar-refractivity contribution in [1.29, 1.82) is 0 Å². The summed E-state index contributed by atoms with van der Waals surface area (Å²) in [4.78, 5) is 19.8. The highest BCUT2D eigenvalue weighted by Gasteiger charge is 2.28. The lowest BCUT2D eigenvalue weighted by Crippen LogP contribution is -2.39. The summed E-state index contributed by atoms with van der Waals surface area (Å²) < 4.78 is 11.8. The third kappa shape index (κ3) is 3.49. The van der Waals surface area contributed by atoms with Crippen LogP contribution in [-0.2, 0) is 0 Å². The average Bonchev–Trinajstić information content (AvgIpc) is 3.17. The molecule has 0 radical (unpaired) electrons. The fourth-order valence-corrected chi connectivity index (χ4v) is 4.67. The summed E-state index contributed by atoms with van der Waals surface area (Å²) in [6.45, 7) is 1.47. The van der Waals surface area contributed by atoms with E-state index in [1.54, 1.807) is 43.8 Å². The van der Waals surface area contributed by atoms with Crippen molar-refractivity contribution in [2.75, 3.05) is 27.3 Å². The molecule has 1 unspecified atom stereocenters. The lowest BCUT2D eigenvalue weighted by atomic mass is 9.98. The van der Waals surface area contributed by atoms with E-state index in [-0.39, 0.29) is 5.91 Å². The Morgan fingerprint density at radius 1 is 1.15 bits per heavy atom. The molecule has 0 aliphatic carbocycles. The predicted octanol–water partition coefficient (Wildman–Crippen LogP) is 4.33. The molecule has 1 aromatic heterocycles. The van der Waals surface area contributed by atoms with Gasteiger partial charge in [-0.05, 0) is 43.2 Å². The third-order valence-corrected chi connectivity index (χ3v) is 6.20. The minimum absolute atomic E-state index is 0.0294. The van der Waals surface area contributed by atoms with E-state index in [9.17, 15) is 4.79 Å². The number of hydrogen-bond donors (Lipinski definition) is 0. The molecule has 27 heavy (non-hydrogen) atoms. The van der Waals surface area contributed by atoms with Gasteiger partial charge in [-0.3, -0.25) is 4.79 Å². The average molecular weight is 382 g/mol. The minimum atomic E-state index is 0.0294. The smallest absolute Gasteiger partial charge is 0.254 e. The molecule has 0 saturated carbocycles. The molecule has 2 aromatic carbocycles. The number of para-hydroxylation sites is 1. The molecule has 1 aliphatic heterocycles. The molecule has 1 aliphatic rings. The molecule has 0 spiro atoms. The van der Waals surface area contributed by atoms with Gasteiger partial charge in [-0.25, -0.2) is 4.98 Å². The number of fused-ring (bicyclic) bond motifs is 1. The fraction of sp³-hybridized carbons (Fsp3) is 0.333. The van der Waals surface area contributed by atoms with Crippen LogP contribution >= 0.6 is 11.3 Å². The van der Waals surface area contributed by atoms with Crippen LogP contribution in [0.2, 0.25) is 0 Å². The Balaban J connectivity index is 1.54. The van der Waals surface area contributed by atoms with Gasteiger partial charge in [-0.2, -0.15) is 0 Å². The van der Waals surface area contributed by atoms with Crippen molar-refractivity contribution in [2.45, 2.75) is 18.8 Å². The normalized spacial score (nSPS) is 17.1. The van der Waals surface area contributed by atoms with Crippen LogP contribution in [0.15, 0.2) is 42.5 Å². The molecule has 1 amide bonds. The van der Waals surface area contributed by atoms with Gasteiger partial charge in [0.05, 0.1) is 29.4 Å². The van der Waals surface area contributed by atoms with Gasteiger partial charge < -0.3 is 14.4 Å². The zero-order valence-corrected chi connectivity index (χ0v) is 16.3. The maximum Gasteiger partial charge on any atom is 0.254 e. The number of aromatic nitrogens is 1. The molecule has 1 atom stereocenters. The van der Waals surface area contributed by atoms with E-state index in [4.69, 9.17) is 14.5 Å². The highest BCUT2D eigenvalue weighted by molar-refractivity contribution is 7.18. The first-order chi connectivity index (χ1) is 13.2. The summed E-state index contributed by atoms with van der Waals surface area (Å²) in [5.74, 6) is 1.52. The second kappa shape index (κ2) is 7.56. The first kappa shape index (κ1) is 17.8. The van der Waals surface area contributed by atoms with Crippen molar-refractivity contribution in [1.82, 2.24) is 9.88 Å². The molecule has 0 bridgehead atoms. The Kier molecular flexibility index (Phi) is 4.99. The number of piperidine rings is 1. The summed E-state index contributed by atoms with van der Waals surface area (Å²) in [5, 5.41) is 1.13. The van der Waals surface area contributed by atoms with Crippen LogP contribution in [0.4, 0.5) is 0 Å². The fourth-order valence-electron chi connectivity index (χ4n) is 3.58.